The van der Waals surface area contributed by atoms with Gasteiger partial charge in [0.05, 0.1) is 29.7 Å². The van der Waals surface area contributed by atoms with E-state index in [9.17, 15) is 19.7 Å². The van der Waals surface area contributed by atoms with Crippen molar-refractivity contribution in [2.75, 3.05) is 31.6 Å². The number of amides is 1. The molecule has 0 spiro atoms. The third kappa shape index (κ3) is 5.25. The minimum Gasteiger partial charge on any atom is -0.466 e. The molecule has 0 aromatic heterocycles. The van der Waals surface area contributed by atoms with Gasteiger partial charge in [-0.3, -0.25) is 24.6 Å². The number of hydrogen-bond donors (Lipinski definition) is 1. The van der Waals surface area contributed by atoms with Crippen molar-refractivity contribution in [3.8, 4) is 0 Å². The standard InChI is InChI=1S/C17H23N3O5/c1-3-25-17(22)13-5-4-8-19(10-13)11-16(21)18-15-9-14(20(23)24)7-6-12(15)2/h6-7,9,13H,3-5,8,10-11H2,1-2H3,(H,18,21). The zero-order valence-corrected chi connectivity index (χ0v) is 14.5. The summed E-state index contributed by atoms with van der Waals surface area (Å²) in [6, 6.07) is 4.36. The fraction of sp³-hybridized carbons (Fsp3) is 0.529. The molecule has 8 heteroatoms. The molecule has 0 aliphatic carbocycles. The lowest BCUT2D eigenvalue weighted by molar-refractivity contribution is -0.384. The monoisotopic (exact) mass is 349 g/mol. The number of nitro groups is 1. The number of rotatable bonds is 6. The second-order valence-electron chi connectivity index (χ2n) is 6.13. The Morgan fingerprint density at radius 1 is 1.44 bits per heavy atom. The second kappa shape index (κ2) is 8.57. The number of carbonyl (C=O) groups excluding carboxylic acids is 2. The van der Waals surface area contributed by atoms with Gasteiger partial charge in [0.2, 0.25) is 5.91 Å². The summed E-state index contributed by atoms with van der Waals surface area (Å²) in [5.41, 5.74) is 1.11. The number of nitrogens with one attached hydrogen (secondary N) is 1. The Hall–Kier alpha value is -2.48. The van der Waals surface area contributed by atoms with Crippen LogP contribution < -0.4 is 5.32 Å². The third-order valence-corrected chi connectivity index (χ3v) is 4.20. The van der Waals surface area contributed by atoms with Crippen LogP contribution in [0.4, 0.5) is 11.4 Å². The second-order valence-corrected chi connectivity index (χ2v) is 6.13. The molecule has 136 valence electrons. The van der Waals surface area contributed by atoms with Crippen molar-refractivity contribution in [1.29, 1.82) is 0 Å². The van der Waals surface area contributed by atoms with Crippen LogP contribution in [0, 0.1) is 23.0 Å². The summed E-state index contributed by atoms with van der Waals surface area (Å²) in [6.07, 6.45) is 1.59. The molecule has 2 rings (SSSR count). The number of ether oxygens (including phenoxy) is 1. The molecular formula is C17H23N3O5. The Kier molecular flexibility index (Phi) is 6.46. The third-order valence-electron chi connectivity index (χ3n) is 4.20. The normalized spacial score (nSPS) is 17.8. The van der Waals surface area contributed by atoms with Gasteiger partial charge >= 0.3 is 5.97 Å². The van der Waals surface area contributed by atoms with Gasteiger partial charge in [0.25, 0.3) is 5.69 Å². The van der Waals surface area contributed by atoms with Crippen molar-refractivity contribution in [1.82, 2.24) is 4.90 Å². The zero-order valence-electron chi connectivity index (χ0n) is 14.5. The van der Waals surface area contributed by atoms with Gasteiger partial charge < -0.3 is 10.1 Å². The average Bonchev–Trinajstić information content (AvgIpc) is 2.57. The maximum Gasteiger partial charge on any atom is 0.310 e. The number of esters is 1. The number of carbonyl (C=O) groups is 2. The van der Waals surface area contributed by atoms with Gasteiger partial charge in [-0.1, -0.05) is 6.07 Å². The number of aryl methyl sites for hydroxylation is 1. The summed E-state index contributed by atoms with van der Waals surface area (Å²) in [6.45, 7) is 5.25. The fourth-order valence-corrected chi connectivity index (χ4v) is 2.90. The van der Waals surface area contributed by atoms with E-state index < -0.39 is 4.92 Å². The predicted octanol–water partition coefficient (Wildman–Crippen LogP) is 2.12. The van der Waals surface area contributed by atoms with Crippen LogP contribution in [-0.4, -0.2) is 47.9 Å². The molecule has 1 aliphatic heterocycles. The number of nitro benzene ring substituents is 1. The number of benzene rings is 1. The number of non-ortho nitro benzene ring substituents is 1. The molecule has 0 radical (unpaired) electrons. The highest BCUT2D eigenvalue weighted by Crippen LogP contribution is 2.22. The van der Waals surface area contributed by atoms with Crippen LogP contribution >= 0.6 is 0 Å². The maximum absolute atomic E-state index is 12.3. The molecule has 0 saturated carbocycles. The van der Waals surface area contributed by atoms with E-state index in [0.717, 1.165) is 24.9 Å². The molecule has 1 N–H and O–H groups in total. The first-order chi connectivity index (χ1) is 11.9. The summed E-state index contributed by atoms with van der Waals surface area (Å²) in [4.78, 5) is 36.4. The lowest BCUT2D eigenvalue weighted by Crippen LogP contribution is -2.43. The molecule has 1 aliphatic rings. The van der Waals surface area contributed by atoms with Gasteiger partial charge in [0.15, 0.2) is 0 Å². The van der Waals surface area contributed by atoms with E-state index in [4.69, 9.17) is 4.74 Å². The summed E-state index contributed by atoms with van der Waals surface area (Å²) >= 11 is 0. The van der Waals surface area contributed by atoms with Crippen molar-refractivity contribution in [3.05, 3.63) is 33.9 Å². The van der Waals surface area contributed by atoms with Crippen LogP contribution in [-0.2, 0) is 14.3 Å². The van der Waals surface area contributed by atoms with Gasteiger partial charge in [-0.15, -0.1) is 0 Å². The minimum absolute atomic E-state index is 0.0683. The number of anilines is 1. The summed E-state index contributed by atoms with van der Waals surface area (Å²) in [5, 5.41) is 13.6. The van der Waals surface area contributed by atoms with E-state index in [0.29, 0.717) is 18.8 Å². The van der Waals surface area contributed by atoms with Crippen LogP contribution in [0.5, 0.6) is 0 Å². The fourth-order valence-electron chi connectivity index (χ4n) is 2.90. The van der Waals surface area contributed by atoms with Crippen LogP contribution in [0.15, 0.2) is 18.2 Å². The minimum atomic E-state index is -0.496. The Morgan fingerprint density at radius 3 is 2.88 bits per heavy atom. The molecule has 1 atom stereocenters. The van der Waals surface area contributed by atoms with Crippen molar-refractivity contribution in [3.63, 3.8) is 0 Å². The van der Waals surface area contributed by atoms with Gasteiger partial charge in [0.1, 0.15) is 0 Å². The molecule has 1 amide bonds. The predicted molar refractivity (Wildman–Crippen MR) is 92.3 cm³/mol. The number of hydrogen-bond acceptors (Lipinski definition) is 6. The summed E-state index contributed by atoms with van der Waals surface area (Å²) in [5.74, 6) is -0.684. The van der Waals surface area contributed by atoms with Crippen molar-refractivity contribution < 1.29 is 19.2 Å². The quantitative estimate of drug-likeness (QED) is 0.479. The first kappa shape index (κ1) is 18.9. The average molecular weight is 349 g/mol. The Bertz CT molecular complexity index is 662. The molecular weight excluding hydrogens is 326 g/mol. The van der Waals surface area contributed by atoms with E-state index in [1.165, 1.54) is 12.1 Å². The lowest BCUT2D eigenvalue weighted by atomic mass is 9.98. The Balaban J connectivity index is 1.95. The van der Waals surface area contributed by atoms with Crippen LogP contribution in [0.2, 0.25) is 0 Å². The highest BCUT2D eigenvalue weighted by Gasteiger charge is 2.27. The molecule has 0 bridgehead atoms. The van der Waals surface area contributed by atoms with E-state index >= 15 is 0 Å². The smallest absolute Gasteiger partial charge is 0.310 e. The van der Waals surface area contributed by atoms with Gasteiger partial charge in [0, 0.05) is 18.7 Å². The number of piperidine rings is 1. The lowest BCUT2D eigenvalue weighted by Gasteiger charge is -2.30. The van der Waals surface area contributed by atoms with Gasteiger partial charge in [-0.2, -0.15) is 0 Å². The zero-order chi connectivity index (χ0) is 18.4. The van der Waals surface area contributed by atoms with Gasteiger partial charge in [-0.05, 0) is 38.8 Å². The molecule has 25 heavy (non-hydrogen) atoms. The van der Waals surface area contributed by atoms with Crippen molar-refractivity contribution >= 4 is 23.3 Å². The van der Waals surface area contributed by atoms with Crippen LogP contribution in [0.25, 0.3) is 0 Å². The Labute approximate surface area is 146 Å². The SMILES string of the molecule is CCOC(=O)C1CCCN(CC(=O)Nc2cc([N+](=O)[O-])ccc2C)C1. The number of nitrogens with zero attached hydrogens (tertiary/aromatic N) is 2. The van der Waals surface area contributed by atoms with E-state index in [1.54, 1.807) is 19.9 Å². The van der Waals surface area contributed by atoms with Crippen molar-refractivity contribution in [2.24, 2.45) is 5.92 Å². The molecule has 1 unspecified atom stereocenters. The van der Waals surface area contributed by atoms with Crippen LogP contribution in [0.1, 0.15) is 25.3 Å². The van der Waals surface area contributed by atoms with E-state index in [1.807, 2.05) is 4.90 Å². The van der Waals surface area contributed by atoms with E-state index in [-0.39, 0.29) is 30.0 Å². The molecule has 1 aromatic rings. The molecule has 1 aromatic carbocycles. The van der Waals surface area contributed by atoms with Crippen molar-refractivity contribution in [2.45, 2.75) is 26.7 Å². The molecule has 1 heterocycles. The van der Waals surface area contributed by atoms with E-state index in [2.05, 4.69) is 5.32 Å². The first-order valence-corrected chi connectivity index (χ1v) is 8.34. The largest absolute Gasteiger partial charge is 0.466 e. The summed E-state index contributed by atoms with van der Waals surface area (Å²) < 4.78 is 5.05. The summed E-state index contributed by atoms with van der Waals surface area (Å²) in [7, 11) is 0. The Morgan fingerprint density at radius 2 is 2.20 bits per heavy atom. The molecule has 8 nitrogen and oxygen atoms in total. The highest BCUT2D eigenvalue weighted by atomic mass is 16.6. The van der Waals surface area contributed by atoms with Gasteiger partial charge in [-0.25, -0.2) is 0 Å². The molecule has 1 fully saturated rings. The number of likely N-dealkylation sites (tertiary alicyclic amines) is 1. The van der Waals surface area contributed by atoms with Crippen LogP contribution in [0.3, 0.4) is 0 Å². The molecule has 1 saturated heterocycles. The topological polar surface area (TPSA) is 102 Å². The first-order valence-electron chi connectivity index (χ1n) is 8.34. The maximum atomic E-state index is 12.3. The highest BCUT2D eigenvalue weighted by molar-refractivity contribution is 5.93.